The first-order valence-corrected chi connectivity index (χ1v) is 5.52. The number of rotatable bonds is 7. The molecule has 0 aliphatic heterocycles. The topological polar surface area (TPSA) is 56.5 Å². The molecule has 0 atom stereocenters. The van der Waals surface area contributed by atoms with E-state index in [4.69, 9.17) is 15.2 Å². The lowest BCUT2D eigenvalue weighted by Crippen LogP contribution is -2.06. The molecule has 16 heavy (non-hydrogen) atoms. The standard InChI is InChI=1S/C12H20N2O2/c1-3-16-6-4-5-14-11-7-10(13)8-12(9-11)15-2/h7-9,14H,3-6,13H2,1-2H3. The van der Waals surface area contributed by atoms with Crippen LogP contribution in [0.2, 0.25) is 0 Å². The van der Waals surface area contributed by atoms with E-state index in [0.717, 1.165) is 37.6 Å². The Labute approximate surface area is 96.7 Å². The molecule has 0 saturated carbocycles. The molecule has 90 valence electrons. The fourth-order valence-electron chi connectivity index (χ4n) is 1.39. The van der Waals surface area contributed by atoms with Gasteiger partial charge in [-0.05, 0) is 19.4 Å². The molecule has 0 unspecified atom stereocenters. The lowest BCUT2D eigenvalue weighted by molar-refractivity contribution is 0.147. The molecule has 0 aromatic heterocycles. The molecule has 0 fully saturated rings. The van der Waals surface area contributed by atoms with Crippen molar-refractivity contribution in [3.8, 4) is 5.75 Å². The zero-order valence-corrected chi connectivity index (χ0v) is 9.95. The molecule has 0 aliphatic carbocycles. The second-order valence-corrected chi connectivity index (χ2v) is 3.47. The highest BCUT2D eigenvalue weighted by molar-refractivity contribution is 5.59. The molecular formula is C12H20N2O2. The van der Waals surface area contributed by atoms with Gasteiger partial charge >= 0.3 is 0 Å². The average molecular weight is 224 g/mol. The van der Waals surface area contributed by atoms with Crippen LogP contribution in [0.5, 0.6) is 5.75 Å². The van der Waals surface area contributed by atoms with Crippen molar-refractivity contribution in [1.29, 1.82) is 0 Å². The average Bonchev–Trinajstić information content (AvgIpc) is 2.28. The highest BCUT2D eigenvalue weighted by Gasteiger charge is 1.98. The van der Waals surface area contributed by atoms with Crippen molar-refractivity contribution in [1.82, 2.24) is 0 Å². The van der Waals surface area contributed by atoms with Crippen molar-refractivity contribution in [2.75, 3.05) is 37.9 Å². The van der Waals surface area contributed by atoms with Crippen LogP contribution < -0.4 is 15.8 Å². The molecule has 4 nitrogen and oxygen atoms in total. The Balaban J connectivity index is 2.38. The first-order chi connectivity index (χ1) is 7.76. The lowest BCUT2D eigenvalue weighted by atomic mass is 10.2. The maximum absolute atomic E-state index is 5.74. The summed E-state index contributed by atoms with van der Waals surface area (Å²) in [5, 5.41) is 3.28. The third-order valence-electron chi connectivity index (χ3n) is 2.16. The van der Waals surface area contributed by atoms with Gasteiger partial charge in [0, 0.05) is 43.3 Å². The number of hydrogen-bond acceptors (Lipinski definition) is 4. The van der Waals surface area contributed by atoms with E-state index in [-0.39, 0.29) is 0 Å². The Morgan fingerprint density at radius 2 is 2.12 bits per heavy atom. The zero-order valence-electron chi connectivity index (χ0n) is 9.95. The molecule has 4 heteroatoms. The molecule has 1 aromatic carbocycles. The van der Waals surface area contributed by atoms with Crippen molar-refractivity contribution < 1.29 is 9.47 Å². The van der Waals surface area contributed by atoms with Crippen molar-refractivity contribution in [2.24, 2.45) is 0 Å². The first kappa shape index (κ1) is 12.6. The second kappa shape index (κ2) is 6.95. The first-order valence-electron chi connectivity index (χ1n) is 5.52. The van der Waals surface area contributed by atoms with Gasteiger partial charge in [-0.15, -0.1) is 0 Å². The fourth-order valence-corrected chi connectivity index (χ4v) is 1.39. The Kier molecular flexibility index (Phi) is 5.50. The number of nitrogen functional groups attached to an aromatic ring is 1. The van der Waals surface area contributed by atoms with Gasteiger partial charge in [0.25, 0.3) is 0 Å². The molecule has 0 aliphatic rings. The van der Waals surface area contributed by atoms with E-state index in [1.807, 2.05) is 19.1 Å². The summed E-state index contributed by atoms with van der Waals surface area (Å²) in [6, 6.07) is 5.62. The van der Waals surface area contributed by atoms with E-state index >= 15 is 0 Å². The molecule has 0 bridgehead atoms. The number of anilines is 2. The summed E-state index contributed by atoms with van der Waals surface area (Å²) in [4.78, 5) is 0. The van der Waals surface area contributed by atoms with Crippen LogP contribution in [-0.4, -0.2) is 26.9 Å². The van der Waals surface area contributed by atoms with Crippen LogP contribution in [-0.2, 0) is 4.74 Å². The van der Waals surface area contributed by atoms with Crippen LogP contribution in [0.15, 0.2) is 18.2 Å². The SMILES string of the molecule is CCOCCCNc1cc(N)cc(OC)c1. The number of hydrogen-bond donors (Lipinski definition) is 2. The monoisotopic (exact) mass is 224 g/mol. The summed E-state index contributed by atoms with van der Waals surface area (Å²) in [5.74, 6) is 0.771. The minimum Gasteiger partial charge on any atom is -0.497 e. The summed E-state index contributed by atoms with van der Waals surface area (Å²) in [7, 11) is 1.63. The number of nitrogens with one attached hydrogen (secondary N) is 1. The van der Waals surface area contributed by atoms with Crippen molar-refractivity contribution in [3.63, 3.8) is 0 Å². The molecule has 0 saturated heterocycles. The van der Waals surface area contributed by atoms with E-state index < -0.39 is 0 Å². The Morgan fingerprint density at radius 3 is 2.81 bits per heavy atom. The van der Waals surface area contributed by atoms with Gasteiger partial charge in [0.1, 0.15) is 5.75 Å². The Bertz CT molecular complexity index is 316. The van der Waals surface area contributed by atoms with Crippen LogP contribution in [0.1, 0.15) is 13.3 Å². The van der Waals surface area contributed by atoms with Gasteiger partial charge in [-0.25, -0.2) is 0 Å². The highest BCUT2D eigenvalue weighted by Crippen LogP contribution is 2.21. The Hall–Kier alpha value is -1.42. The summed E-state index contributed by atoms with van der Waals surface area (Å²) in [6.45, 7) is 4.41. The van der Waals surface area contributed by atoms with Crippen LogP contribution in [0, 0.1) is 0 Å². The molecule has 0 radical (unpaired) electrons. The maximum atomic E-state index is 5.74. The predicted octanol–water partition coefficient (Wildman–Crippen LogP) is 2.12. The minimum atomic E-state index is 0.701. The van der Waals surface area contributed by atoms with Crippen LogP contribution >= 0.6 is 0 Å². The van der Waals surface area contributed by atoms with Gasteiger partial charge in [-0.3, -0.25) is 0 Å². The smallest absolute Gasteiger partial charge is 0.122 e. The van der Waals surface area contributed by atoms with Gasteiger partial charge < -0.3 is 20.5 Å². The summed E-state index contributed by atoms with van der Waals surface area (Å²) >= 11 is 0. The molecule has 0 heterocycles. The van der Waals surface area contributed by atoms with E-state index in [1.165, 1.54) is 0 Å². The van der Waals surface area contributed by atoms with Gasteiger partial charge in [0.2, 0.25) is 0 Å². The van der Waals surface area contributed by atoms with Gasteiger partial charge in [0.05, 0.1) is 7.11 Å². The highest BCUT2D eigenvalue weighted by atomic mass is 16.5. The van der Waals surface area contributed by atoms with E-state index in [1.54, 1.807) is 13.2 Å². The van der Waals surface area contributed by atoms with E-state index in [2.05, 4.69) is 5.32 Å². The molecular weight excluding hydrogens is 204 g/mol. The molecule has 1 rings (SSSR count). The second-order valence-electron chi connectivity index (χ2n) is 3.47. The number of ether oxygens (including phenoxy) is 2. The lowest BCUT2D eigenvalue weighted by Gasteiger charge is -2.09. The Morgan fingerprint density at radius 1 is 1.31 bits per heavy atom. The van der Waals surface area contributed by atoms with Crippen LogP contribution in [0.3, 0.4) is 0 Å². The third-order valence-corrected chi connectivity index (χ3v) is 2.16. The largest absolute Gasteiger partial charge is 0.497 e. The fraction of sp³-hybridized carbons (Fsp3) is 0.500. The van der Waals surface area contributed by atoms with E-state index in [9.17, 15) is 0 Å². The zero-order chi connectivity index (χ0) is 11.8. The van der Waals surface area contributed by atoms with Gasteiger partial charge in [-0.1, -0.05) is 0 Å². The van der Waals surface area contributed by atoms with Crippen molar-refractivity contribution in [3.05, 3.63) is 18.2 Å². The quantitative estimate of drug-likeness (QED) is 0.550. The van der Waals surface area contributed by atoms with Gasteiger partial charge in [-0.2, -0.15) is 0 Å². The predicted molar refractivity (Wildman–Crippen MR) is 67.0 cm³/mol. The summed E-state index contributed by atoms with van der Waals surface area (Å²) < 4.78 is 10.4. The molecule has 3 N–H and O–H groups in total. The van der Waals surface area contributed by atoms with Crippen LogP contribution in [0.25, 0.3) is 0 Å². The van der Waals surface area contributed by atoms with Crippen molar-refractivity contribution >= 4 is 11.4 Å². The van der Waals surface area contributed by atoms with Crippen LogP contribution in [0.4, 0.5) is 11.4 Å². The number of nitrogens with two attached hydrogens (primary N) is 1. The number of benzene rings is 1. The molecule has 0 amide bonds. The van der Waals surface area contributed by atoms with E-state index in [0.29, 0.717) is 5.69 Å². The summed E-state index contributed by atoms with van der Waals surface area (Å²) in [5.41, 5.74) is 7.42. The third kappa shape index (κ3) is 4.40. The molecule has 0 spiro atoms. The normalized spacial score (nSPS) is 10.1. The summed E-state index contributed by atoms with van der Waals surface area (Å²) in [6.07, 6.45) is 0.977. The maximum Gasteiger partial charge on any atom is 0.122 e. The minimum absolute atomic E-state index is 0.701. The van der Waals surface area contributed by atoms with Gasteiger partial charge in [0.15, 0.2) is 0 Å². The number of methoxy groups -OCH3 is 1. The van der Waals surface area contributed by atoms with Crippen molar-refractivity contribution in [2.45, 2.75) is 13.3 Å². The molecule has 1 aromatic rings.